The van der Waals surface area contributed by atoms with E-state index in [9.17, 15) is 9.59 Å². The fourth-order valence-electron chi connectivity index (χ4n) is 1.99. The Kier molecular flexibility index (Phi) is 5.14. The lowest BCUT2D eigenvalue weighted by Gasteiger charge is -2.11. The molecule has 0 fully saturated rings. The second kappa shape index (κ2) is 7.07. The Balaban J connectivity index is 2.26. The first-order valence-electron chi connectivity index (χ1n) is 6.97. The first-order chi connectivity index (χ1) is 10.9. The number of nitriles is 1. The van der Waals surface area contributed by atoms with Crippen LogP contribution in [0.1, 0.15) is 24.2 Å². The van der Waals surface area contributed by atoms with Gasteiger partial charge in [-0.3, -0.25) is 9.59 Å². The summed E-state index contributed by atoms with van der Waals surface area (Å²) in [6, 6.07) is 8.61. The van der Waals surface area contributed by atoms with Crippen molar-refractivity contribution in [2.75, 3.05) is 0 Å². The van der Waals surface area contributed by atoms with E-state index in [1.165, 1.54) is 17.1 Å². The van der Waals surface area contributed by atoms with Gasteiger partial charge in [-0.15, -0.1) is 0 Å². The van der Waals surface area contributed by atoms with E-state index in [2.05, 4.69) is 10.4 Å². The van der Waals surface area contributed by atoms with E-state index in [4.69, 9.17) is 16.9 Å². The number of hydrogen-bond donors (Lipinski definition) is 1. The third kappa shape index (κ3) is 3.76. The van der Waals surface area contributed by atoms with Crippen molar-refractivity contribution in [2.24, 2.45) is 5.92 Å². The molecule has 1 aromatic heterocycles. The second-order valence-electron chi connectivity index (χ2n) is 5.21. The van der Waals surface area contributed by atoms with E-state index in [-0.39, 0.29) is 11.6 Å². The van der Waals surface area contributed by atoms with Crippen LogP contribution in [0.25, 0.3) is 5.69 Å². The van der Waals surface area contributed by atoms with Crippen molar-refractivity contribution < 1.29 is 9.59 Å². The van der Waals surface area contributed by atoms with Crippen molar-refractivity contribution >= 4 is 23.3 Å². The Hall–Kier alpha value is -2.65. The molecule has 23 heavy (non-hydrogen) atoms. The number of carbonyl (C=O) groups is 2. The van der Waals surface area contributed by atoms with Gasteiger partial charge in [0.1, 0.15) is 0 Å². The van der Waals surface area contributed by atoms with Gasteiger partial charge in [0.2, 0.25) is 5.91 Å². The second-order valence-corrected chi connectivity index (χ2v) is 5.62. The molecule has 2 aromatic rings. The van der Waals surface area contributed by atoms with Gasteiger partial charge >= 0.3 is 0 Å². The predicted octanol–water partition coefficient (Wildman–Crippen LogP) is 2.37. The van der Waals surface area contributed by atoms with Crippen LogP contribution in [0, 0.1) is 17.2 Å². The van der Waals surface area contributed by atoms with Crippen molar-refractivity contribution in [3.8, 4) is 11.8 Å². The Labute approximate surface area is 138 Å². The molecule has 0 aliphatic rings. The number of ketones is 1. The largest absolute Gasteiger partial charge is 0.352 e. The summed E-state index contributed by atoms with van der Waals surface area (Å²) >= 11 is 6.08. The number of Topliss-reactive ketones (excluding diaryl/α,β-unsaturated/α-hetero) is 1. The summed E-state index contributed by atoms with van der Waals surface area (Å²) in [6.45, 7) is 3.51. The monoisotopic (exact) mass is 330 g/mol. The van der Waals surface area contributed by atoms with Gasteiger partial charge in [0.15, 0.2) is 11.7 Å². The quantitative estimate of drug-likeness (QED) is 0.673. The third-order valence-corrected chi connectivity index (χ3v) is 3.37. The highest BCUT2D eigenvalue weighted by Crippen LogP contribution is 2.20. The molecule has 1 N–H and O–H groups in total. The van der Waals surface area contributed by atoms with Crippen molar-refractivity contribution in [2.45, 2.75) is 19.9 Å². The van der Waals surface area contributed by atoms with Gasteiger partial charge in [-0.05, 0) is 26.0 Å². The third-order valence-electron chi connectivity index (χ3n) is 3.05. The first kappa shape index (κ1) is 16.7. The Morgan fingerprint density at radius 1 is 1.35 bits per heavy atom. The smallest absolute Gasteiger partial charge is 0.245 e. The number of carbonyl (C=O) groups excluding carboxylic acids is 2. The number of hydrogen-bond acceptors (Lipinski definition) is 4. The lowest BCUT2D eigenvalue weighted by atomic mass is 10.0. The van der Waals surface area contributed by atoms with Gasteiger partial charge in [0.05, 0.1) is 28.5 Å². The summed E-state index contributed by atoms with van der Waals surface area (Å²) < 4.78 is 1.43. The summed E-state index contributed by atoms with van der Waals surface area (Å²) in [6.07, 6.45) is 2.77. The zero-order valence-electron chi connectivity index (χ0n) is 12.7. The first-order valence-corrected chi connectivity index (χ1v) is 7.35. The number of para-hydroxylation sites is 1. The Morgan fingerprint density at radius 2 is 2.04 bits per heavy atom. The molecular formula is C16H15ClN4O2. The molecule has 0 aliphatic carbocycles. The molecule has 0 unspecified atom stereocenters. The van der Waals surface area contributed by atoms with Crippen LogP contribution in [0.5, 0.6) is 0 Å². The van der Waals surface area contributed by atoms with Crippen LogP contribution in [0.4, 0.5) is 0 Å². The van der Waals surface area contributed by atoms with Gasteiger partial charge in [0, 0.05) is 12.2 Å². The number of nitrogens with zero attached hydrogens (tertiary/aromatic N) is 3. The molecule has 0 spiro atoms. The van der Waals surface area contributed by atoms with Crippen LogP contribution in [0.15, 0.2) is 36.7 Å². The molecule has 0 saturated carbocycles. The number of rotatable bonds is 5. The standard InChI is InChI=1S/C16H15ClN4O2/c1-10(2)20-16(23)12(7-18)15(22)11-8-19-21(9-11)14-6-4-3-5-13(14)17/h3-6,8-10,12H,1-2H3,(H,20,23)/t12-/m0/s1. The fraction of sp³-hybridized carbons (Fsp3) is 0.250. The Morgan fingerprint density at radius 3 is 2.65 bits per heavy atom. The molecule has 6 nitrogen and oxygen atoms in total. The van der Waals surface area contributed by atoms with Gasteiger partial charge in [0.25, 0.3) is 0 Å². The topological polar surface area (TPSA) is 87.8 Å². The average Bonchev–Trinajstić information content (AvgIpc) is 2.97. The van der Waals surface area contributed by atoms with Crippen molar-refractivity contribution in [3.63, 3.8) is 0 Å². The lowest BCUT2D eigenvalue weighted by molar-refractivity contribution is -0.122. The minimum absolute atomic E-state index is 0.156. The molecule has 1 aromatic carbocycles. The SMILES string of the molecule is CC(C)NC(=O)[C@@H](C#N)C(=O)c1cnn(-c2ccccc2Cl)c1. The summed E-state index contributed by atoms with van der Waals surface area (Å²) in [5.74, 6) is -2.61. The van der Waals surface area contributed by atoms with Gasteiger partial charge in [-0.2, -0.15) is 10.4 Å². The van der Waals surface area contributed by atoms with E-state index in [0.717, 1.165) is 0 Å². The van der Waals surface area contributed by atoms with E-state index >= 15 is 0 Å². The van der Waals surface area contributed by atoms with Gasteiger partial charge < -0.3 is 5.32 Å². The maximum atomic E-state index is 12.4. The lowest BCUT2D eigenvalue weighted by Crippen LogP contribution is -2.38. The number of halogens is 1. The zero-order chi connectivity index (χ0) is 17.0. The highest BCUT2D eigenvalue weighted by molar-refractivity contribution is 6.32. The minimum atomic E-state index is -1.40. The van der Waals surface area contributed by atoms with Crippen molar-refractivity contribution in [1.82, 2.24) is 15.1 Å². The van der Waals surface area contributed by atoms with Crippen molar-refractivity contribution in [1.29, 1.82) is 5.26 Å². The molecule has 0 radical (unpaired) electrons. The fourth-order valence-corrected chi connectivity index (χ4v) is 2.21. The molecule has 0 bridgehead atoms. The summed E-state index contributed by atoms with van der Waals surface area (Å²) in [7, 11) is 0. The van der Waals surface area contributed by atoms with Crippen LogP contribution < -0.4 is 5.32 Å². The highest BCUT2D eigenvalue weighted by Gasteiger charge is 2.29. The summed E-state index contributed by atoms with van der Waals surface area (Å²) in [4.78, 5) is 24.3. The van der Waals surface area contributed by atoms with Crippen LogP contribution >= 0.6 is 11.6 Å². The molecule has 0 aliphatic heterocycles. The van der Waals surface area contributed by atoms with Gasteiger partial charge in [-0.1, -0.05) is 23.7 Å². The molecule has 2 rings (SSSR count). The van der Waals surface area contributed by atoms with Crippen LogP contribution in [0.3, 0.4) is 0 Å². The number of amides is 1. The van der Waals surface area contributed by atoms with Crippen molar-refractivity contribution in [3.05, 3.63) is 47.2 Å². The normalized spacial score (nSPS) is 11.8. The number of benzene rings is 1. The molecule has 1 heterocycles. The van der Waals surface area contributed by atoms with Crippen LogP contribution in [0.2, 0.25) is 5.02 Å². The van der Waals surface area contributed by atoms with E-state index in [0.29, 0.717) is 10.7 Å². The summed E-state index contributed by atoms with van der Waals surface area (Å²) in [5.41, 5.74) is 0.781. The summed E-state index contributed by atoms with van der Waals surface area (Å²) in [5, 5.41) is 16.2. The van der Waals surface area contributed by atoms with Crippen LogP contribution in [-0.2, 0) is 4.79 Å². The maximum absolute atomic E-state index is 12.4. The highest BCUT2D eigenvalue weighted by atomic mass is 35.5. The minimum Gasteiger partial charge on any atom is -0.352 e. The number of aromatic nitrogens is 2. The molecule has 0 saturated heterocycles. The maximum Gasteiger partial charge on any atom is 0.245 e. The molecule has 118 valence electrons. The Bertz CT molecular complexity index is 776. The average molecular weight is 331 g/mol. The van der Waals surface area contributed by atoms with E-state index in [1.54, 1.807) is 44.2 Å². The molecule has 1 atom stereocenters. The predicted molar refractivity (Wildman–Crippen MR) is 85.3 cm³/mol. The van der Waals surface area contributed by atoms with E-state index < -0.39 is 17.6 Å². The zero-order valence-corrected chi connectivity index (χ0v) is 13.4. The molecule has 1 amide bonds. The van der Waals surface area contributed by atoms with E-state index in [1.807, 2.05) is 0 Å². The van der Waals surface area contributed by atoms with Crippen LogP contribution in [-0.4, -0.2) is 27.5 Å². The number of nitrogens with one attached hydrogen (secondary N) is 1. The molecule has 7 heteroatoms. The van der Waals surface area contributed by atoms with Gasteiger partial charge in [-0.25, -0.2) is 4.68 Å². The molecular weight excluding hydrogens is 316 g/mol.